The second-order valence-corrected chi connectivity index (χ2v) is 13.9. The van der Waals surface area contributed by atoms with Crippen molar-refractivity contribution in [1.82, 2.24) is 0 Å². The first-order valence-corrected chi connectivity index (χ1v) is 17.7. The molecule has 0 bridgehead atoms. The Labute approximate surface area is 289 Å². The molecule has 0 saturated heterocycles. The number of hydrogen-bond donors (Lipinski definition) is 0. The highest BCUT2D eigenvalue weighted by molar-refractivity contribution is 7.25. The van der Waals surface area contributed by atoms with Crippen LogP contribution in [0, 0.1) is 0 Å². The minimum atomic E-state index is 1.23. The van der Waals surface area contributed by atoms with Crippen LogP contribution < -0.4 is 0 Å². The Morgan fingerprint density at radius 2 is 0.735 bits per heavy atom. The zero-order chi connectivity index (χ0) is 32.3. The van der Waals surface area contributed by atoms with Crippen molar-refractivity contribution in [3.63, 3.8) is 0 Å². The summed E-state index contributed by atoms with van der Waals surface area (Å²) in [4.78, 5) is 0. The van der Waals surface area contributed by atoms with Crippen molar-refractivity contribution in [2.24, 2.45) is 0 Å². The molecule has 0 aliphatic rings. The summed E-state index contributed by atoms with van der Waals surface area (Å²) in [6, 6.07) is 67.0. The van der Waals surface area contributed by atoms with E-state index in [0.29, 0.717) is 0 Å². The van der Waals surface area contributed by atoms with Crippen LogP contribution in [0.5, 0.6) is 0 Å². The summed E-state index contributed by atoms with van der Waals surface area (Å²) >= 11 is 1.87. The van der Waals surface area contributed by atoms with Gasteiger partial charge in [-0.15, -0.1) is 11.3 Å². The topological polar surface area (TPSA) is 0 Å². The largest absolute Gasteiger partial charge is 0.135 e. The molecule has 228 valence electrons. The lowest BCUT2D eigenvalue weighted by Crippen LogP contribution is -1.92. The Hall–Kier alpha value is -6.02. The van der Waals surface area contributed by atoms with E-state index < -0.39 is 0 Å². The van der Waals surface area contributed by atoms with Crippen molar-refractivity contribution in [2.45, 2.75) is 0 Å². The van der Waals surface area contributed by atoms with E-state index in [9.17, 15) is 0 Å². The molecule has 0 nitrogen and oxygen atoms in total. The second-order valence-electron chi connectivity index (χ2n) is 12.8. The first kappa shape index (κ1) is 28.0. The van der Waals surface area contributed by atoms with Crippen LogP contribution in [0.15, 0.2) is 182 Å². The summed E-state index contributed by atoms with van der Waals surface area (Å²) in [5.74, 6) is 0. The number of rotatable bonds is 4. The van der Waals surface area contributed by atoms with Crippen molar-refractivity contribution in [3.05, 3.63) is 182 Å². The Morgan fingerprint density at radius 1 is 0.245 bits per heavy atom. The molecule has 0 saturated carbocycles. The van der Waals surface area contributed by atoms with Gasteiger partial charge in [-0.2, -0.15) is 0 Å². The molecule has 0 spiro atoms. The lowest BCUT2D eigenvalue weighted by Gasteiger charge is -2.20. The summed E-state index contributed by atoms with van der Waals surface area (Å²) in [7, 11) is 0. The number of hydrogen-bond acceptors (Lipinski definition) is 1. The van der Waals surface area contributed by atoms with Gasteiger partial charge in [0.05, 0.1) is 0 Å². The third-order valence-electron chi connectivity index (χ3n) is 10.1. The lowest BCUT2D eigenvalue weighted by molar-refractivity contribution is 1.63. The molecule has 0 radical (unpaired) electrons. The quantitative estimate of drug-likeness (QED) is 0.168. The number of thiophene rings is 1. The minimum Gasteiger partial charge on any atom is -0.135 e. The standard InChI is InChI=1S/C48H30S/c1-2-13-31(14-3-1)35-26-27-43(37-18-5-4-17-36(35)37)48-41-22-8-6-20-39(41)47(40-21-7-9-23-42(40)48)34-16-12-15-32(29-34)33-25-28-46-44(30-33)38-19-10-11-24-45(38)49-46/h1-30H. The smallest absolute Gasteiger partial charge is 0.0355 e. The molecular weight excluding hydrogens is 609 g/mol. The van der Waals surface area contributed by atoms with Crippen molar-refractivity contribution in [1.29, 1.82) is 0 Å². The average molecular weight is 639 g/mol. The van der Waals surface area contributed by atoms with Crippen molar-refractivity contribution >= 4 is 63.8 Å². The SMILES string of the molecule is c1ccc(-c2ccc(-c3c4ccccc4c(-c4cccc(-c5ccc6sc7ccccc7c6c5)c4)c4ccccc34)c3ccccc23)cc1. The lowest BCUT2D eigenvalue weighted by atomic mass is 9.83. The van der Waals surface area contributed by atoms with E-state index in [2.05, 4.69) is 182 Å². The number of benzene rings is 9. The van der Waals surface area contributed by atoms with Crippen LogP contribution >= 0.6 is 11.3 Å². The molecule has 1 heterocycles. The average Bonchev–Trinajstić information content (AvgIpc) is 3.55. The van der Waals surface area contributed by atoms with Gasteiger partial charge in [-0.25, -0.2) is 0 Å². The highest BCUT2D eigenvalue weighted by Gasteiger charge is 2.19. The van der Waals surface area contributed by atoms with Crippen LogP contribution in [-0.2, 0) is 0 Å². The van der Waals surface area contributed by atoms with E-state index in [-0.39, 0.29) is 0 Å². The van der Waals surface area contributed by atoms with E-state index in [1.54, 1.807) is 0 Å². The second kappa shape index (κ2) is 11.3. The molecular formula is C48H30S. The maximum Gasteiger partial charge on any atom is 0.0355 e. The zero-order valence-electron chi connectivity index (χ0n) is 26.7. The molecule has 10 aromatic rings. The Morgan fingerprint density at radius 3 is 1.45 bits per heavy atom. The van der Waals surface area contributed by atoms with Crippen molar-refractivity contribution in [3.8, 4) is 44.5 Å². The Kier molecular flexibility index (Phi) is 6.47. The first-order valence-electron chi connectivity index (χ1n) is 16.8. The fourth-order valence-corrected chi connectivity index (χ4v) is 8.96. The molecule has 0 fully saturated rings. The van der Waals surface area contributed by atoms with Gasteiger partial charge in [0, 0.05) is 20.2 Å². The normalized spacial score (nSPS) is 11.7. The molecule has 0 atom stereocenters. The van der Waals surface area contributed by atoms with E-state index >= 15 is 0 Å². The van der Waals surface area contributed by atoms with Gasteiger partial charge < -0.3 is 0 Å². The molecule has 0 aliphatic carbocycles. The fourth-order valence-electron chi connectivity index (χ4n) is 7.88. The van der Waals surface area contributed by atoms with E-state index in [4.69, 9.17) is 0 Å². The highest BCUT2D eigenvalue weighted by Crippen LogP contribution is 2.47. The van der Waals surface area contributed by atoms with E-state index in [0.717, 1.165) is 0 Å². The molecule has 10 rings (SSSR count). The maximum absolute atomic E-state index is 2.38. The molecule has 0 unspecified atom stereocenters. The van der Waals surface area contributed by atoms with Gasteiger partial charge in [0.1, 0.15) is 0 Å². The van der Waals surface area contributed by atoms with Gasteiger partial charge in [-0.05, 0) is 101 Å². The summed E-state index contributed by atoms with van der Waals surface area (Å²) in [6.45, 7) is 0. The zero-order valence-corrected chi connectivity index (χ0v) is 27.5. The van der Waals surface area contributed by atoms with Gasteiger partial charge in [-0.1, -0.05) is 158 Å². The van der Waals surface area contributed by atoms with Crippen LogP contribution in [-0.4, -0.2) is 0 Å². The molecule has 1 heteroatoms. The van der Waals surface area contributed by atoms with Crippen molar-refractivity contribution in [2.75, 3.05) is 0 Å². The van der Waals surface area contributed by atoms with Crippen LogP contribution in [0.4, 0.5) is 0 Å². The molecule has 1 aromatic heterocycles. The monoisotopic (exact) mass is 638 g/mol. The van der Waals surface area contributed by atoms with Crippen LogP contribution in [0.2, 0.25) is 0 Å². The van der Waals surface area contributed by atoms with Crippen molar-refractivity contribution < 1.29 is 0 Å². The maximum atomic E-state index is 2.38. The predicted octanol–water partition coefficient (Wildman–Crippen LogP) is 14.2. The third-order valence-corrected chi connectivity index (χ3v) is 11.2. The van der Waals surface area contributed by atoms with Gasteiger partial charge in [0.15, 0.2) is 0 Å². The molecule has 0 aliphatic heterocycles. The summed E-state index contributed by atoms with van der Waals surface area (Å²) < 4.78 is 2.67. The fraction of sp³-hybridized carbons (Fsp3) is 0. The summed E-state index contributed by atoms with van der Waals surface area (Å²) in [5.41, 5.74) is 10.0. The van der Waals surface area contributed by atoms with Gasteiger partial charge in [-0.3, -0.25) is 0 Å². The molecule has 0 N–H and O–H groups in total. The molecule has 0 amide bonds. The van der Waals surface area contributed by atoms with Crippen LogP contribution in [0.25, 0.3) is 97.0 Å². The van der Waals surface area contributed by atoms with Gasteiger partial charge in [0.25, 0.3) is 0 Å². The predicted molar refractivity (Wildman–Crippen MR) is 214 cm³/mol. The minimum absolute atomic E-state index is 1.23. The third kappa shape index (κ3) is 4.51. The van der Waals surface area contributed by atoms with Crippen LogP contribution in [0.1, 0.15) is 0 Å². The van der Waals surface area contributed by atoms with E-state index in [1.807, 2.05) is 11.3 Å². The van der Waals surface area contributed by atoms with Gasteiger partial charge in [0.2, 0.25) is 0 Å². The highest BCUT2D eigenvalue weighted by atomic mass is 32.1. The Balaban J connectivity index is 1.21. The summed E-state index contributed by atoms with van der Waals surface area (Å²) in [5, 5.41) is 10.3. The molecule has 9 aromatic carbocycles. The number of fused-ring (bicyclic) bond motifs is 6. The van der Waals surface area contributed by atoms with E-state index in [1.165, 1.54) is 97.0 Å². The van der Waals surface area contributed by atoms with Crippen LogP contribution in [0.3, 0.4) is 0 Å². The first-order chi connectivity index (χ1) is 24.3. The van der Waals surface area contributed by atoms with Gasteiger partial charge >= 0.3 is 0 Å². The summed E-state index contributed by atoms with van der Waals surface area (Å²) in [6.07, 6.45) is 0. The Bertz CT molecular complexity index is 2820. The molecule has 49 heavy (non-hydrogen) atoms.